The van der Waals surface area contributed by atoms with E-state index >= 15 is 0 Å². The quantitative estimate of drug-likeness (QED) is 0.877. The molecule has 0 aromatic heterocycles. The summed E-state index contributed by atoms with van der Waals surface area (Å²) in [6, 6.07) is 18.2. The predicted molar refractivity (Wildman–Crippen MR) is 83.4 cm³/mol. The summed E-state index contributed by atoms with van der Waals surface area (Å²) in [6.07, 6.45) is 0.770. The van der Waals surface area contributed by atoms with Gasteiger partial charge in [0.15, 0.2) is 0 Å². The predicted octanol–water partition coefficient (Wildman–Crippen LogP) is 3.85. The van der Waals surface area contributed by atoms with E-state index in [1.54, 1.807) is 0 Å². The molecule has 2 N–H and O–H groups in total. The van der Waals surface area contributed by atoms with Crippen molar-refractivity contribution in [3.63, 3.8) is 0 Å². The van der Waals surface area contributed by atoms with Crippen LogP contribution in [0.1, 0.15) is 12.5 Å². The minimum atomic E-state index is -0.366. The van der Waals surface area contributed by atoms with Crippen LogP contribution in [0, 0.1) is 0 Å². The third-order valence-corrected chi connectivity index (χ3v) is 3.61. The van der Waals surface area contributed by atoms with E-state index in [-0.39, 0.29) is 12.1 Å². The van der Waals surface area contributed by atoms with Gasteiger partial charge in [-0.3, -0.25) is 0 Å². The first-order valence-corrected chi connectivity index (χ1v) is 7.09. The molecule has 2 aromatic rings. The van der Waals surface area contributed by atoms with Crippen molar-refractivity contribution >= 4 is 21.6 Å². The topological polar surface area (TPSA) is 32.3 Å². The molecule has 0 saturated carbocycles. The average Bonchev–Trinajstić information content (AvgIpc) is 2.42. The van der Waals surface area contributed by atoms with Crippen LogP contribution in [0.15, 0.2) is 59.1 Å². The Morgan fingerprint density at radius 1 is 1.05 bits per heavy atom. The highest BCUT2D eigenvalue weighted by atomic mass is 79.9. The van der Waals surface area contributed by atoms with Gasteiger partial charge in [-0.25, -0.2) is 0 Å². The molecule has 0 amide bonds. The molecule has 19 heavy (non-hydrogen) atoms. The van der Waals surface area contributed by atoms with Crippen molar-refractivity contribution in [3.8, 4) is 0 Å². The molecule has 0 aliphatic rings. The molecule has 1 unspecified atom stereocenters. The second-order valence-corrected chi connectivity index (χ2v) is 5.93. The number of rotatable bonds is 5. The van der Waals surface area contributed by atoms with Gasteiger partial charge in [-0.1, -0.05) is 46.3 Å². The smallest absolute Gasteiger partial charge is 0.0662 e. The SMILES string of the molecule is CC(CO)(Cc1ccc(Br)cc1)Nc1ccccc1. The summed E-state index contributed by atoms with van der Waals surface area (Å²) >= 11 is 3.43. The number of para-hydroxylation sites is 1. The van der Waals surface area contributed by atoms with Crippen molar-refractivity contribution in [3.05, 3.63) is 64.6 Å². The van der Waals surface area contributed by atoms with Gasteiger partial charge >= 0.3 is 0 Å². The number of nitrogens with one attached hydrogen (secondary N) is 1. The van der Waals surface area contributed by atoms with Crippen LogP contribution in [0.25, 0.3) is 0 Å². The Labute approximate surface area is 122 Å². The first-order valence-electron chi connectivity index (χ1n) is 6.30. The molecule has 0 aliphatic carbocycles. The van der Waals surface area contributed by atoms with Gasteiger partial charge in [0.25, 0.3) is 0 Å². The highest BCUT2D eigenvalue weighted by Crippen LogP contribution is 2.20. The zero-order valence-corrected chi connectivity index (χ0v) is 12.5. The summed E-state index contributed by atoms with van der Waals surface area (Å²) in [6.45, 7) is 2.11. The Balaban J connectivity index is 2.11. The second-order valence-electron chi connectivity index (χ2n) is 5.01. The molecule has 3 heteroatoms. The minimum Gasteiger partial charge on any atom is -0.394 e. The van der Waals surface area contributed by atoms with Crippen molar-refractivity contribution in [2.24, 2.45) is 0 Å². The maximum absolute atomic E-state index is 9.69. The maximum Gasteiger partial charge on any atom is 0.0662 e. The first-order chi connectivity index (χ1) is 9.11. The van der Waals surface area contributed by atoms with Gasteiger partial charge in [0.05, 0.1) is 12.1 Å². The fraction of sp³-hybridized carbons (Fsp3) is 0.250. The van der Waals surface area contributed by atoms with E-state index in [1.807, 2.05) is 49.4 Å². The summed E-state index contributed by atoms with van der Waals surface area (Å²) in [4.78, 5) is 0. The standard InChI is InChI=1S/C16H18BrNO/c1-16(12-19,18-15-5-3-2-4-6-15)11-13-7-9-14(17)10-8-13/h2-10,18-19H,11-12H2,1H3. The average molecular weight is 320 g/mol. The highest BCUT2D eigenvalue weighted by Gasteiger charge is 2.23. The Bertz CT molecular complexity index is 512. The molecule has 0 spiro atoms. The number of anilines is 1. The van der Waals surface area contributed by atoms with Crippen molar-refractivity contribution < 1.29 is 5.11 Å². The Kier molecular flexibility index (Phi) is 4.61. The largest absolute Gasteiger partial charge is 0.394 e. The van der Waals surface area contributed by atoms with Gasteiger partial charge in [0, 0.05) is 10.2 Å². The van der Waals surface area contributed by atoms with Gasteiger partial charge in [-0.05, 0) is 43.2 Å². The fourth-order valence-corrected chi connectivity index (χ4v) is 2.33. The van der Waals surface area contributed by atoms with Gasteiger partial charge in [-0.2, -0.15) is 0 Å². The van der Waals surface area contributed by atoms with E-state index in [9.17, 15) is 5.11 Å². The normalized spacial score (nSPS) is 13.8. The molecular formula is C16H18BrNO. The van der Waals surface area contributed by atoms with Gasteiger partial charge in [0.2, 0.25) is 0 Å². The monoisotopic (exact) mass is 319 g/mol. The van der Waals surface area contributed by atoms with Crippen LogP contribution in [0.3, 0.4) is 0 Å². The second kappa shape index (κ2) is 6.22. The Morgan fingerprint density at radius 3 is 2.26 bits per heavy atom. The number of aliphatic hydroxyl groups is 1. The number of halogens is 1. The summed E-state index contributed by atoms with van der Waals surface area (Å²) in [5.41, 5.74) is 1.86. The molecule has 2 rings (SSSR count). The fourth-order valence-electron chi connectivity index (χ4n) is 2.06. The van der Waals surface area contributed by atoms with Crippen molar-refractivity contribution in [1.29, 1.82) is 0 Å². The zero-order chi connectivity index (χ0) is 13.7. The van der Waals surface area contributed by atoms with Crippen LogP contribution in [0.5, 0.6) is 0 Å². The van der Waals surface area contributed by atoms with Gasteiger partial charge in [-0.15, -0.1) is 0 Å². The van der Waals surface area contributed by atoms with Crippen LogP contribution in [-0.2, 0) is 6.42 Å². The Hall–Kier alpha value is -1.32. The molecule has 2 nitrogen and oxygen atoms in total. The van der Waals surface area contributed by atoms with Crippen LogP contribution in [0.2, 0.25) is 0 Å². The zero-order valence-electron chi connectivity index (χ0n) is 10.9. The van der Waals surface area contributed by atoms with Crippen molar-refractivity contribution in [1.82, 2.24) is 0 Å². The lowest BCUT2D eigenvalue weighted by Crippen LogP contribution is -2.41. The summed E-state index contributed by atoms with van der Waals surface area (Å²) in [5, 5.41) is 13.1. The van der Waals surface area contributed by atoms with E-state index in [1.165, 1.54) is 5.56 Å². The summed E-state index contributed by atoms with van der Waals surface area (Å²) in [5.74, 6) is 0. The van der Waals surface area contributed by atoms with E-state index in [0.717, 1.165) is 16.6 Å². The van der Waals surface area contributed by atoms with Crippen LogP contribution >= 0.6 is 15.9 Å². The first kappa shape index (κ1) is 14.1. The molecule has 0 aliphatic heterocycles. The number of benzene rings is 2. The lowest BCUT2D eigenvalue weighted by atomic mass is 9.93. The molecule has 1 atom stereocenters. The minimum absolute atomic E-state index is 0.0813. The molecular weight excluding hydrogens is 302 g/mol. The molecule has 100 valence electrons. The number of hydrogen-bond donors (Lipinski definition) is 2. The molecule has 0 bridgehead atoms. The van der Waals surface area contributed by atoms with E-state index < -0.39 is 0 Å². The highest BCUT2D eigenvalue weighted by molar-refractivity contribution is 9.10. The Morgan fingerprint density at radius 2 is 1.68 bits per heavy atom. The lowest BCUT2D eigenvalue weighted by Gasteiger charge is -2.30. The number of hydrogen-bond acceptors (Lipinski definition) is 2. The van der Waals surface area contributed by atoms with Gasteiger partial charge < -0.3 is 10.4 Å². The molecule has 0 saturated heterocycles. The third kappa shape index (κ3) is 4.08. The maximum atomic E-state index is 9.69. The number of aliphatic hydroxyl groups excluding tert-OH is 1. The third-order valence-electron chi connectivity index (χ3n) is 3.08. The van der Waals surface area contributed by atoms with Crippen LogP contribution in [0.4, 0.5) is 5.69 Å². The molecule has 2 aromatic carbocycles. The molecule has 0 radical (unpaired) electrons. The van der Waals surface area contributed by atoms with Crippen molar-refractivity contribution in [2.75, 3.05) is 11.9 Å². The van der Waals surface area contributed by atoms with E-state index in [2.05, 4.69) is 33.4 Å². The van der Waals surface area contributed by atoms with Crippen molar-refractivity contribution in [2.45, 2.75) is 18.9 Å². The van der Waals surface area contributed by atoms with Gasteiger partial charge in [0.1, 0.15) is 0 Å². The van der Waals surface area contributed by atoms with E-state index in [0.29, 0.717) is 0 Å². The van der Waals surface area contributed by atoms with E-state index in [4.69, 9.17) is 0 Å². The summed E-state index contributed by atoms with van der Waals surface area (Å²) < 4.78 is 1.07. The molecule has 0 fully saturated rings. The van der Waals surface area contributed by atoms with Crippen LogP contribution < -0.4 is 5.32 Å². The van der Waals surface area contributed by atoms with Crippen LogP contribution in [-0.4, -0.2) is 17.3 Å². The lowest BCUT2D eigenvalue weighted by molar-refractivity contribution is 0.222. The molecule has 0 heterocycles. The summed E-state index contributed by atoms with van der Waals surface area (Å²) in [7, 11) is 0.